The molecule has 1 saturated heterocycles. The molecule has 1 aliphatic heterocycles. The quantitative estimate of drug-likeness (QED) is 0.857. The maximum atomic E-state index is 12.7. The molecule has 0 aliphatic carbocycles. The van der Waals surface area contributed by atoms with Gasteiger partial charge in [0.05, 0.1) is 4.90 Å². The van der Waals surface area contributed by atoms with E-state index >= 15 is 0 Å². The first-order valence-corrected chi connectivity index (χ1v) is 10.4. The van der Waals surface area contributed by atoms with Gasteiger partial charge in [-0.15, -0.1) is 0 Å². The molecule has 1 N–H and O–H groups in total. The maximum absolute atomic E-state index is 12.7. The number of nitrogens with zero attached hydrogens (tertiary/aromatic N) is 3. The molecule has 1 aromatic carbocycles. The van der Waals surface area contributed by atoms with Crippen molar-refractivity contribution in [2.75, 3.05) is 18.4 Å². The molecule has 3 rings (SSSR count). The van der Waals surface area contributed by atoms with Crippen LogP contribution in [0.2, 0.25) is 5.15 Å². The third-order valence-corrected chi connectivity index (χ3v) is 7.28. The van der Waals surface area contributed by atoms with Crippen LogP contribution in [0.4, 0.5) is 5.00 Å². The number of hydrogen-bond acceptors (Lipinski definition) is 6. The molecule has 1 aliphatic rings. The van der Waals surface area contributed by atoms with Crippen LogP contribution in [0.15, 0.2) is 29.2 Å². The largest absolute Gasteiger partial charge is 0.372 e. The van der Waals surface area contributed by atoms with Crippen LogP contribution in [0.3, 0.4) is 0 Å². The summed E-state index contributed by atoms with van der Waals surface area (Å²) in [6.45, 7) is 2.79. The first-order valence-electron chi connectivity index (χ1n) is 7.80. The minimum atomic E-state index is -3.46. The summed E-state index contributed by atoms with van der Waals surface area (Å²) in [5.74, 6) is 0. The Morgan fingerprint density at radius 1 is 1.32 bits per heavy atom. The highest BCUT2D eigenvalue weighted by atomic mass is 35.5. The molecule has 25 heavy (non-hydrogen) atoms. The van der Waals surface area contributed by atoms with E-state index in [1.54, 1.807) is 24.3 Å². The first-order chi connectivity index (χ1) is 11.9. The van der Waals surface area contributed by atoms with Crippen LogP contribution in [0, 0.1) is 18.3 Å². The minimum absolute atomic E-state index is 0.0908. The summed E-state index contributed by atoms with van der Waals surface area (Å²) in [4.78, 5) is 0.325. The molecule has 2 heterocycles. The highest BCUT2D eigenvalue weighted by Gasteiger charge is 2.30. The Morgan fingerprint density at radius 2 is 1.96 bits per heavy atom. The van der Waals surface area contributed by atoms with E-state index in [4.69, 9.17) is 16.9 Å². The third-order valence-electron chi connectivity index (χ3n) is 4.21. The zero-order valence-electron chi connectivity index (χ0n) is 13.6. The van der Waals surface area contributed by atoms with Gasteiger partial charge in [-0.3, -0.25) is 0 Å². The fourth-order valence-electron chi connectivity index (χ4n) is 2.75. The van der Waals surface area contributed by atoms with Crippen molar-refractivity contribution < 1.29 is 8.42 Å². The number of nitriles is 1. The van der Waals surface area contributed by atoms with Crippen LogP contribution in [-0.4, -0.2) is 36.2 Å². The molecule has 6 nitrogen and oxygen atoms in total. The summed E-state index contributed by atoms with van der Waals surface area (Å²) in [6.07, 6.45) is 1.32. The van der Waals surface area contributed by atoms with Gasteiger partial charge in [-0.25, -0.2) is 8.42 Å². The van der Waals surface area contributed by atoms with Crippen LogP contribution in [0.1, 0.15) is 24.0 Å². The number of sulfonamides is 1. The monoisotopic (exact) mass is 396 g/mol. The normalized spacial score (nSPS) is 16.5. The predicted octanol–water partition coefficient (Wildman–Crippen LogP) is 3.24. The molecule has 1 aromatic heterocycles. The van der Waals surface area contributed by atoms with Crippen LogP contribution in [0.25, 0.3) is 0 Å². The molecule has 1 fully saturated rings. The Bertz CT molecular complexity index is 895. The second kappa shape index (κ2) is 7.30. The van der Waals surface area contributed by atoms with Gasteiger partial charge in [0.2, 0.25) is 10.0 Å². The maximum Gasteiger partial charge on any atom is 0.243 e. The van der Waals surface area contributed by atoms with Crippen LogP contribution in [-0.2, 0) is 10.0 Å². The highest BCUT2D eigenvalue weighted by molar-refractivity contribution is 7.89. The molecule has 0 amide bonds. The molecule has 0 radical (unpaired) electrons. The van der Waals surface area contributed by atoms with Crippen LogP contribution >= 0.6 is 23.1 Å². The van der Waals surface area contributed by atoms with Gasteiger partial charge < -0.3 is 5.32 Å². The summed E-state index contributed by atoms with van der Waals surface area (Å²) < 4.78 is 30.9. The fourth-order valence-corrected chi connectivity index (χ4v) is 5.23. The standard InChI is InChI=1S/C16H17ClN4O2S2/c1-11-2-4-13(5-3-11)25(22,23)21-8-6-12(7-9-21)19-16-14(10-18)15(17)20-24-16/h2-5,12,19H,6-9H2,1H3. The number of rotatable bonds is 4. The average molecular weight is 397 g/mol. The Kier molecular flexibility index (Phi) is 5.29. The van der Waals surface area contributed by atoms with Crippen molar-refractivity contribution in [3.05, 3.63) is 40.5 Å². The van der Waals surface area contributed by atoms with Gasteiger partial charge in [-0.1, -0.05) is 29.3 Å². The zero-order chi connectivity index (χ0) is 18.0. The highest BCUT2D eigenvalue weighted by Crippen LogP contribution is 2.30. The van der Waals surface area contributed by atoms with Crippen molar-refractivity contribution >= 4 is 38.2 Å². The van der Waals surface area contributed by atoms with Gasteiger partial charge in [0.15, 0.2) is 5.15 Å². The topological polar surface area (TPSA) is 86.1 Å². The van der Waals surface area contributed by atoms with E-state index in [-0.39, 0.29) is 11.2 Å². The van der Waals surface area contributed by atoms with E-state index in [0.717, 1.165) is 17.1 Å². The van der Waals surface area contributed by atoms with E-state index in [1.165, 1.54) is 4.31 Å². The van der Waals surface area contributed by atoms with Crippen molar-refractivity contribution in [2.45, 2.75) is 30.7 Å². The lowest BCUT2D eigenvalue weighted by Crippen LogP contribution is -2.42. The van der Waals surface area contributed by atoms with E-state index in [1.807, 2.05) is 13.0 Å². The SMILES string of the molecule is Cc1ccc(S(=O)(=O)N2CCC(Nc3snc(Cl)c3C#N)CC2)cc1. The average Bonchev–Trinajstić information content (AvgIpc) is 2.95. The lowest BCUT2D eigenvalue weighted by molar-refractivity contribution is 0.330. The smallest absolute Gasteiger partial charge is 0.243 e. The summed E-state index contributed by atoms with van der Waals surface area (Å²) in [5, 5.41) is 13.2. The van der Waals surface area contributed by atoms with Gasteiger partial charge in [0.25, 0.3) is 0 Å². The third kappa shape index (κ3) is 3.80. The second-order valence-corrected chi connectivity index (χ2v) is 8.99. The van der Waals surface area contributed by atoms with Gasteiger partial charge in [0.1, 0.15) is 16.6 Å². The van der Waals surface area contributed by atoms with Crippen LogP contribution in [0.5, 0.6) is 0 Å². The molecule has 0 bridgehead atoms. The molecule has 9 heteroatoms. The Balaban J connectivity index is 1.65. The number of aryl methyl sites for hydroxylation is 1. The predicted molar refractivity (Wildman–Crippen MR) is 98.4 cm³/mol. The van der Waals surface area contributed by atoms with Crippen molar-refractivity contribution in [3.8, 4) is 6.07 Å². The molecule has 0 unspecified atom stereocenters. The van der Waals surface area contributed by atoms with Crippen molar-refractivity contribution in [2.24, 2.45) is 0 Å². The van der Waals surface area contributed by atoms with Crippen LogP contribution < -0.4 is 5.32 Å². The second-order valence-electron chi connectivity index (χ2n) is 5.93. The number of hydrogen-bond donors (Lipinski definition) is 1. The molecular formula is C16H17ClN4O2S2. The number of nitrogens with one attached hydrogen (secondary N) is 1. The lowest BCUT2D eigenvalue weighted by atomic mass is 10.1. The van der Waals surface area contributed by atoms with Crippen molar-refractivity contribution in [1.29, 1.82) is 5.26 Å². The first kappa shape index (κ1) is 18.1. The summed E-state index contributed by atoms with van der Waals surface area (Å²) in [5.41, 5.74) is 1.37. The molecule has 0 spiro atoms. The Labute approximate surface area is 156 Å². The number of halogens is 1. The molecule has 0 atom stereocenters. The summed E-state index contributed by atoms with van der Waals surface area (Å²) in [6, 6.07) is 9.03. The van der Waals surface area contributed by atoms with Gasteiger partial charge >= 0.3 is 0 Å². The van der Waals surface area contributed by atoms with Gasteiger partial charge in [-0.05, 0) is 43.4 Å². The number of anilines is 1. The van der Waals surface area contributed by atoms with E-state index < -0.39 is 10.0 Å². The number of benzene rings is 1. The zero-order valence-corrected chi connectivity index (χ0v) is 16.0. The molecule has 0 saturated carbocycles. The Morgan fingerprint density at radius 3 is 2.56 bits per heavy atom. The lowest BCUT2D eigenvalue weighted by Gasteiger charge is -2.31. The molecule has 132 valence electrons. The van der Waals surface area contributed by atoms with E-state index in [2.05, 4.69) is 9.69 Å². The molecule has 2 aromatic rings. The Hall–Kier alpha value is -1.66. The van der Waals surface area contributed by atoms with Gasteiger partial charge in [-0.2, -0.15) is 13.9 Å². The van der Waals surface area contributed by atoms with E-state index in [0.29, 0.717) is 41.4 Å². The fraction of sp³-hybridized carbons (Fsp3) is 0.375. The van der Waals surface area contributed by atoms with E-state index in [9.17, 15) is 8.42 Å². The molecular weight excluding hydrogens is 380 g/mol. The minimum Gasteiger partial charge on any atom is -0.372 e. The number of piperidine rings is 1. The summed E-state index contributed by atoms with van der Waals surface area (Å²) >= 11 is 7.03. The van der Waals surface area contributed by atoms with Crippen molar-refractivity contribution in [3.63, 3.8) is 0 Å². The summed E-state index contributed by atoms with van der Waals surface area (Å²) in [7, 11) is -3.46. The van der Waals surface area contributed by atoms with Crippen molar-refractivity contribution in [1.82, 2.24) is 8.68 Å². The number of aromatic nitrogens is 1. The van der Waals surface area contributed by atoms with Gasteiger partial charge in [0, 0.05) is 19.1 Å².